The van der Waals surface area contributed by atoms with E-state index in [0.29, 0.717) is 19.5 Å². The first-order chi connectivity index (χ1) is 9.75. The average molecular weight is 273 g/mol. The monoisotopic (exact) mass is 273 g/mol. The van der Waals surface area contributed by atoms with Gasteiger partial charge < -0.3 is 10.6 Å². The third-order valence-electron chi connectivity index (χ3n) is 3.97. The third-order valence-corrected chi connectivity index (χ3v) is 3.97. The lowest BCUT2D eigenvalue weighted by Crippen LogP contribution is -2.50. The first kappa shape index (κ1) is 13.0. The van der Waals surface area contributed by atoms with Crippen molar-refractivity contribution < 1.29 is 9.59 Å². The number of hydrogen-bond acceptors (Lipinski definition) is 2. The fourth-order valence-corrected chi connectivity index (χ4v) is 2.85. The maximum Gasteiger partial charge on any atom is 0.322 e. The first-order valence-electron chi connectivity index (χ1n) is 7.19. The summed E-state index contributed by atoms with van der Waals surface area (Å²) in [6.07, 6.45) is 3.53. The van der Waals surface area contributed by atoms with E-state index in [-0.39, 0.29) is 11.9 Å². The number of fused-ring (bicyclic) bond motifs is 1. The zero-order chi connectivity index (χ0) is 13.9. The average Bonchev–Trinajstić information content (AvgIpc) is 2.79. The first-order valence-corrected chi connectivity index (χ1v) is 7.19. The third kappa shape index (κ3) is 2.48. The maximum atomic E-state index is 12.4. The molecule has 3 rings (SSSR count). The minimum Gasteiger partial charge on any atom is -0.354 e. The molecule has 106 valence electrons. The Hall–Kier alpha value is -2.04. The predicted molar refractivity (Wildman–Crippen MR) is 76.7 cm³/mol. The maximum absolute atomic E-state index is 12.4. The molecule has 0 bridgehead atoms. The number of hydrogen-bond donors (Lipinski definition) is 2. The summed E-state index contributed by atoms with van der Waals surface area (Å²) in [6, 6.07) is 7.34. The van der Waals surface area contributed by atoms with E-state index in [1.807, 2.05) is 24.3 Å². The van der Waals surface area contributed by atoms with E-state index in [2.05, 4.69) is 10.6 Å². The number of carbonyl (C=O) groups is 2. The second-order valence-corrected chi connectivity index (χ2v) is 5.32. The second-order valence-electron chi connectivity index (χ2n) is 5.32. The summed E-state index contributed by atoms with van der Waals surface area (Å²) in [6.45, 7) is 1.39. The number of amides is 3. The largest absolute Gasteiger partial charge is 0.354 e. The van der Waals surface area contributed by atoms with Gasteiger partial charge in [0.15, 0.2) is 0 Å². The van der Waals surface area contributed by atoms with Crippen LogP contribution in [0, 0.1) is 0 Å². The summed E-state index contributed by atoms with van der Waals surface area (Å²) in [5.74, 6) is -0.0664. The van der Waals surface area contributed by atoms with Crippen molar-refractivity contribution in [2.45, 2.75) is 31.7 Å². The van der Waals surface area contributed by atoms with Crippen molar-refractivity contribution in [1.29, 1.82) is 0 Å². The molecule has 1 aromatic rings. The van der Waals surface area contributed by atoms with Gasteiger partial charge in [-0.2, -0.15) is 0 Å². The molecule has 2 aliphatic rings. The molecule has 5 heteroatoms. The van der Waals surface area contributed by atoms with E-state index in [9.17, 15) is 9.59 Å². The minimum absolute atomic E-state index is 0.0664. The van der Waals surface area contributed by atoms with Crippen LogP contribution in [0.3, 0.4) is 0 Å². The Morgan fingerprint density at radius 2 is 2.15 bits per heavy atom. The number of urea groups is 1. The second kappa shape index (κ2) is 5.53. The van der Waals surface area contributed by atoms with Gasteiger partial charge in [-0.15, -0.1) is 0 Å². The van der Waals surface area contributed by atoms with Gasteiger partial charge >= 0.3 is 6.03 Å². The number of benzene rings is 1. The summed E-state index contributed by atoms with van der Waals surface area (Å²) >= 11 is 0. The highest BCUT2D eigenvalue weighted by molar-refractivity contribution is 5.97. The Morgan fingerprint density at radius 1 is 1.30 bits per heavy atom. The molecule has 1 fully saturated rings. The van der Waals surface area contributed by atoms with E-state index in [1.54, 1.807) is 4.90 Å². The molecule has 0 spiro atoms. The van der Waals surface area contributed by atoms with Crippen LogP contribution in [0.1, 0.15) is 24.8 Å². The normalized spacial score (nSPS) is 21.9. The highest BCUT2D eigenvalue weighted by atomic mass is 16.2. The van der Waals surface area contributed by atoms with Crippen molar-refractivity contribution in [2.24, 2.45) is 0 Å². The van der Waals surface area contributed by atoms with Crippen LogP contribution in [-0.2, 0) is 11.2 Å². The van der Waals surface area contributed by atoms with E-state index >= 15 is 0 Å². The van der Waals surface area contributed by atoms with E-state index < -0.39 is 6.04 Å². The van der Waals surface area contributed by atoms with Gasteiger partial charge in [-0.1, -0.05) is 18.2 Å². The van der Waals surface area contributed by atoms with Crippen LogP contribution in [-0.4, -0.2) is 31.1 Å². The van der Waals surface area contributed by atoms with Gasteiger partial charge in [0.05, 0.1) is 0 Å². The van der Waals surface area contributed by atoms with Crippen LogP contribution in [0.4, 0.5) is 10.5 Å². The molecule has 0 aromatic heterocycles. The SMILES string of the molecule is O=C1NCCCCC1NC(=O)N1CCc2ccccc21. The van der Waals surface area contributed by atoms with Gasteiger partial charge in [0, 0.05) is 18.8 Å². The molecule has 0 aliphatic carbocycles. The van der Waals surface area contributed by atoms with Gasteiger partial charge in [0.25, 0.3) is 0 Å². The summed E-state index contributed by atoms with van der Waals surface area (Å²) in [7, 11) is 0. The lowest BCUT2D eigenvalue weighted by molar-refractivity contribution is -0.122. The molecule has 5 nitrogen and oxygen atoms in total. The Bertz CT molecular complexity index is 530. The number of rotatable bonds is 1. The quantitative estimate of drug-likeness (QED) is 0.813. The van der Waals surface area contributed by atoms with Gasteiger partial charge in [-0.3, -0.25) is 9.69 Å². The molecule has 1 aromatic carbocycles. The van der Waals surface area contributed by atoms with Gasteiger partial charge in [-0.05, 0) is 37.3 Å². The van der Waals surface area contributed by atoms with Crippen molar-refractivity contribution in [3.05, 3.63) is 29.8 Å². The number of para-hydroxylation sites is 1. The summed E-state index contributed by atoms with van der Waals surface area (Å²) in [5, 5.41) is 5.70. The van der Waals surface area contributed by atoms with Crippen LogP contribution in [0.5, 0.6) is 0 Å². The molecule has 0 radical (unpaired) electrons. The Morgan fingerprint density at radius 3 is 3.05 bits per heavy atom. The van der Waals surface area contributed by atoms with Crippen LogP contribution in [0.2, 0.25) is 0 Å². The van der Waals surface area contributed by atoms with Crippen molar-refractivity contribution in [3.8, 4) is 0 Å². The Kier molecular flexibility index (Phi) is 3.58. The molecule has 1 unspecified atom stereocenters. The minimum atomic E-state index is -0.405. The van der Waals surface area contributed by atoms with E-state index in [4.69, 9.17) is 0 Å². The molecular formula is C15H19N3O2. The Balaban J connectivity index is 1.69. The van der Waals surface area contributed by atoms with Crippen molar-refractivity contribution >= 4 is 17.6 Å². The molecule has 1 saturated heterocycles. The highest BCUT2D eigenvalue weighted by Gasteiger charge is 2.28. The lowest BCUT2D eigenvalue weighted by atomic mass is 10.1. The number of anilines is 1. The van der Waals surface area contributed by atoms with Gasteiger partial charge in [0.2, 0.25) is 5.91 Å². The summed E-state index contributed by atoms with van der Waals surface area (Å²) < 4.78 is 0. The van der Waals surface area contributed by atoms with E-state index in [1.165, 1.54) is 5.56 Å². The number of carbonyl (C=O) groups excluding carboxylic acids is 2. The molecule has 1 atom stereocenters. The van der Waals surface area contributed by atoms with Crippen LogP contribution >= 0.6 is 0 Å². The smallest absolute Gasteiger partial charge is 0.322 e. The van der Waals surface area contributed by atoms with Crippen molar-refractivity contribution in [1.82, 2.24) is 10.6 Å². The molecule has 3 amide bonds. The molecule has 20 heavy (non-hydrogen) atoms. The highest BCUT2D eigenvalue weighted by Crippen LogP contribution is 2.27. The zero-order valence-corrected chi connectivity index (χ0v) is 11.4. The molecule has 0 saturated carbocycles. The fraction of sp³-hybridized carbons (Fsp3) is 0.467. The van der Waals surface area contributed by atoms with Crippen LogP contribution in [0.15, 0.2) is 24.3 Å². The molecule has 2 aliphatic heterocycles. The van der Waals surface area contributed by atoms with Crippen molar-refractivity contribution in [3.63, 3.8) is 0 Å². The lowest BCUT2D eigenvalue weighted by Gasteiger charge is -2.22. The van der Waals surface area contributed by atoms with Crippen molar-refractivity contribution in [2.75, 3.05) is 18.0 Å². The summed E-state index contributed by atoms with van der Waals surface area (Å²) in [4.78, 5) is 26.0. The standard InChI is InChI=1S/C15H19N3O2/c19-14-12(6-3-4-9-16-14)17-15(20)18-10-8-11-5-1-2-7-13(11)18/h1-2,5,7,12H,3-4,6,8-10H2,(H,16,19)(H,17,20). The molecule has 2 N–H and O–H groups in total. The van der Waals surface area contributed by atoms with E-state index in [0.717, 1.165) is 24.9 Å². The number of nitrogens with zero attached hydrogens (tertiary/aromatic N) is 1. The molecule has 2 heterocycles. The van der Waals surface area contributed by atoms with Crippen LogP contribution in [0.25, 0.3) is 0 Å². The van der Waals surface area contributed by atoms with Gasteiger partial charge in [-0.25, -0.2) is 4.79 Å². The zero-order valence-electron chi connectivity index (χ0n) is 11.4. The topological polar surface area (TPSA) is 61.4 Å². The fourth-order valence-electron chi connectivity index (χ4n) is 2.85. The van der Waals surface area contributed by atoms with Crippen LogP contribution < -0.4 is 15.5 Å². The number of nitrogens with one attached hydrogen (secondary N) is 2. The Labute approximate surface area is 118 Å². The summed E-state index contributed by atoms with van der Waals surface area (Å²) in [5.41, 5.74) is 2.15. The predicted octanol–water partition coefficient (Wildman–Crippen LogP) is 1.43. The molecular weight excluding hydrogens is 254 g/mol. The van der Waals surface area contributed by atoms with Gasteiger partial charge in [0.1, 0.15) is 6.04 Å².